The van der Waals surface area contributed by atoms with E-state index in [9.17, 15) is 0 Å². The first kappa shape index (κ1) is 15.8. The van der Waals surface area contributed by atoms with Crippen molar-refractivity contribution in [1.29, 1.82) is 0 Å². The standard InChI is InChI=1S/C16H19ClN2O2/c1-20-9-8-18-11-13-5-6-16(15(17)10-13)21-12-14-4-2-3-7-19-14/h2-7,10,18H,8-9,11-12H2,1H3. The van der Waals surface area contributed by atoms with Crippen LogP contribution in [0, 0.1) is 0 Å². The molecule has 0 aliphatic heterocycles. The summed E-state index contributed by atoms with van der Waals surface area (Å²) in [6.07, 6.45) is 1.75. The lowest BCUT2D eigenvalue weighted by Crippen LogP contribution is -2.18. The van der Waals surface area contributed by atoms with Gasteiger partial charge in [-0.3, -0.25) is 4.98 Å². The Morgan fingerprint density at radius 3 is 2.86 bits per heavy atom. The normalized spacial score (nSPS) is 10.6. The first-order chi connectivity index (χ1) is 10.3. The van der Waals surface area contributed by atoms with Crippen molar-refractivity contribution in [2.45, 2.75) is 13.2 Å². The number of hydrogen-bond donors (Lipinski definition) is 1. The van der Waals surface area contributed by atoms with Crippen molar-refractivity contribution in [2.75, 3.05) is 20.3 Å². The molecule has 0 aliphatic rings. The van der Waals surface area contributed by atoms with Gasteiger partial charge in [0.2, 0.25) is 0 Å². The van der Waals surface area contributed by atoms with Gasteiger partial charge in [-0.05, 0) is 29.8 Å². The number of aromatic nitrogens is 1. The average Bonchev–Trinajstić information content (AvgIpc) is 2.52. The highest BCUT2D eigenvalue weighted by Gasteiger charge is 2.04. The molecule has 1 N–H and O–H groups in total. The van der Waals surface area contributed by atoms with Crippen LogP contribution in [0.25, 0.3) is 0 Å². The molecule has 0 aliphatic carbocycles. The van der Waals surface area contributed by atoms with Crippen LogP contribution in [0.1, 0.15) is 11.3 Å². The summed E-state index contributed by atoms with van der Waals surface area (Å²) in [5, 5.41) is 3.88. The van der Waals surface area contributed by atoms with Crippen LogP contribution in [0.5, 0.6) is 5.75 Å². The van der Waals surface area contributed by atoms with Gasteiger partial charge < -0.3 is 14.8 Å². The molecule has 0 atom stereocenters. The van der Waals surface area contributed by atoms with Crippen molar-refractivity contribution in [1.82, 2.24) is 10.3 Å². The molecule has 0 saturated carbocycles. The summed E-state index contributed by atoms with van der Waals surface area (Å²) in [6.45, 7) is 2.67. The number of hydrogen-bond acceptors (Lipinski definition) is 4. The van der Waals surface area contributed by atoms with Crippen LogP contribution in [0.3, 0.4) is 0 Å². The Labute approximate surface area is 130 Å². The molecule has 0 bridgehead atoms. The molecule has 0 radical (unpaired) electrons. The Morgan fingerprint density at radius 1 is 1.24 bits per heavy atom. The van der Waals surface area contributed by atoms with Gasteiger partial charge in [-0.25, -0.2) is 0 Å². The molecule has 0 unspecified atom stereocenters. The first-order valence-corrected chi connectivity index (χ1v) is 7.18. The molecule has 1 aromatic heterocycles. The molecular formula is C16H19ClN2O2. The molecule has 2 aromatic rings. The fraction of sp³-hybridized carbons (Fsp3) is 0.312. The summed E-state index contributed by atoms with van der Waals surface area (Å²) >= 11 is 6.24. The van der Waals surface area contributed by atoms with Crippen molar-refractivity contribution < 1.29 is 9.47 Å². The lowest BCUT2D eigenvalue weighted by atomic mass is 10.2. The second-order valence-corrected chi connectivity index (χ2v) is 4.95. The topological polar surface area (TPSA) is 43.4 Å². The SMILES string of the molecule is COCCNCc1ccc(OCc2ccccn2)c(Cl)c1. The van der Waals surface area contributed by atoms with Crippen LogP contribution < -0.4 is 10.1 Å². The summed E-state index contributed by atoms with van der Waals surface area (Å²) < 4.78 is 10.7. The zero-order valence-corrected chi connectivity index (χ0v) is 12.8. The predicted molar refractivity (Wildman–Crippen MR) is 83.6 cm³/mol. The minimum Gasteiger partial charge on any atom is -0.486 e. The van der Waals surface area contributed by atoms with E-state index in [1.807, 2.05) is 36.4 Å². The highest BCUT2D eigenvalue weighted by Crippen LogP contribution is 2.26. The molecule has 1 aromatic carbocycles. The van der Waals surface area contributed by atoms with Crippen LogP contribution in [0.4, 0.5) is 0 Å². The summed E-state index contributed by atoms with van der Waals surface area (Å²) in [7, 11) is 1.69. The lowest BCUT2D eigenvalue weighted by Gasteiger charge is -2.10. The van der Waals surface area contributed by atoms with Gasteiger partial charge >= 0.3 is 0 Å². The monoisotopic (exact) mass is 306 g/mol. The minimum atomic E-state index is 0.409. The Bertz CT molecular complexity index is 549. The maximum Gasteiger partial charge on any atom is 0.138 e. The second kappa shape index (κ2) is 8.62. The van der Waals surface area contributed by atoms with Gasteiger partial charge in [-0.1, -0.05) is 23.7 Å². The highest BCUT2D eigenvalue weighted by atomic mass is 35.5. The van der Waals surface area contributed by atoms with Crippen LogP contribution in [0.2, 0.25) is 5.02 Å². The van der Waals surface area contributed by atoms with Crippen LogP contribution in [0.15, 0.2) is 42.6 Å². The van der Waals surface area contributed by atoms with Gasteiger partial charge in [0.05, 0.1) is 17.3 Å². The maximum absolute atomic E-state index is 6.24. The number of ether oxygens (including phenoxy) is 2. The van der Waals surface area contributed by atoms with E-state index in [2.05, 4.69) is 10.3 Å². The van der Waals surface area contributed by atoms with Crippen molar-refractivity contribution in [3.63, 3.8) is 0 Å². The van der Waals surface area contributed by atoms with Crippen LogP contribution >= 0.6 is 11.6 Å². The van der Waals surface area contributed by atoms with Gasteiger partial charge in [0.1, 0.15) is 12.4 Å². The van der Waals surface area contributed by atoms with E-state index in [1.165, 1.54) is 0 Å². The van der Waals surface area contributed by atoms with Gasteiger partial charge in [0, 0.05) is 26.4 Å². The van der Waals surface area contributed by atoms with Crippen molar-refractivity contribution in [3.05, 3.63) is 58.9 Å². The van der Waals surface area contributed by atoms with Gasteiger partial charge in [-0.2, -0.15) is 0 Å². The molecule has 5 heteroatoms. The number of nitrogens with one attached hydrogen (secondary N) is 1. The van der Waals surface area contributed by atoms with E-state index in [0.29, 0.717) is 24.0 Å². The number of benzene rings is 1. The molecule has 1 heterocycles. The van der Waals surface area contributed by atoms with Crippen LogP contribution in [-0.4, -0.2) is 25.2 Å². The first-order valence-electron chi connectivity index (χ1n) is 6.80. The van der Waals surface area contributed by atoms with E-state index >= 15 is 0 Å². The van der Waals surface area contributed by atoms with E-state index in [1.54, 1.807) is 13.3 Å². The molecule has 4 nitrogen and oxygen atoms in total. The smallest absolute Gasteiger partial charge is 0.138 e. The van der Waals surface area contributed by atoms with Crippen molar-refractivity contribution in [2.24, 2.45) is 0 Å². The van der Waals surface area contributed by atoms with Gasteiger partial charge in [0.25, 0.3) is 0 Å². The Morgan fingerprint density at radius 2 is 2.14 bits per heavy atom. The van der Waals surface area contributed by atoms with E-state index in [4.69, 9.17) is 21.1 Å². The number of halogens is 1. The van der Waals surface area contributed by atoms with E-state index in [0.717, 1.165) is 24.3 Å². The number of rotatable bonds is 8. The lowest BCUT2D eigenvalue weighted by molar-refractivity contribution is 0.199. The number of methoxy groups -OCH3 is 1. The Kier molecular flexibility index (Phi) is 6.47. The molecule has 112 valence electrons. The largest absolute Gasteiger partial charge is 0.486 e. The van der Waals surface area contributed by atoms with Crippen molar-refractivity contribution >= 4 is 11.6 Å². The maximum atomic E-state index is 6.24. The molecular weight excluding hydrogens is 288 g/mol. The molecule has 0 saturated heterocycles. The third-order valence-electron chi connectivity index (χ3n) is 2.91. The molecule has 0 amide bonds. The van der Waals surface area contributed by atoms with Gasteiger partial charge in [0.15, 0.2) is 0 Å². The summed E-state index contributed by atoms with van der Waals surface area (Å²) in [5.41, 5.74) is 1.99. The zero-order valence-electron chi connectivity index (χ0n) is 12.0. The number of nitrogens with zero attached hydrogens (tertiary/aromatic N) is 1. The van der Waals surface area contributed by atoms with Gasteiger partial charge in [-0.15, -0.1) is 0 Å². The molecule has 0 fully saturated rings. The quantitative estimate of drug-likeness (QED) is 0.761. The number of pyridine rings is 1. The average molecular weight is 307 g/mol. The molecule has 2 rings (SSSR count). The third-order valence-corrected chi connectivity index (χ3v) is 3.21. The fourth-order valence-electron chi connectivity index (χ4n) is 1.81. The molecule has 21 heavy (non-hydrogen) atoms. The van der Waals surface area contributed by atoms with E-state index in [-0.39, 0.29) is 0 Å². The second-order valence-electron chi connectivity index (χ2n) is 4.54. The van der Waals surface area contributed by atoms with E-state index < -0.39 is 0 Å². The minimum absolute atomic E-state index is 0.409. The summed E-state index contributed by atoms with van der Waals surface area (Å²) in [4.78, 5) is 4.21. The fourth-order valence-corrected chi connectivity index (χ4v) is 2.07. The summed E-state index contributed by atoms with van der Waals surface area (Å²) in [5.74, 6) is 0.669. The van der Waals surface area contributed by atoms with Crippen molar-refractivity contribution in [3.8, 4) is 5.75 Å². The highest BCUT2D eigenvalue weighted by molar-refractivity contribution is 6.32. The predicted octanol–water partition coefficient (Wildman–Crippen LogP) is 3.05. The zero-order chi connectivity index (χ0) is 14.9. The molecule has 0 spiro atoms. The Hall–Kier alpha value is -1.62. The third kappa shape index (κ3) is 5.34. The Balaban J connectivity index is 1.87. The van der Waals surface area contributed by atoms with Crippen LogP contribution in [-0.2, 0) is 17.9 Å². The summed E-state index contributed by atoms with van der Waals surface area (Å²) in [6, 6.07) is 11.5.